The van der Waals surface area contributed by atoms with Gasteiger partial charge in [0.05, 0.1) is 6.04 Å². The van der Waals surface area contributed by atoms with E-state index in [2.05, 4.69) is 25.5 Å². The standard InChI is InChI=1S/C11H17N7/c1-4-9-15-8(12)5-10(16-9)14-7(2)11-17-13-6-18(11)3/h5-7H,4H2,1-3H3,(H3,12,14,15,16). The molecule has 2 aromatic rings. The lowest BCUT2D eigenvalue weighted by molar-refractivity contribution is 0.715. The number of rotatable bonds is 4. The first-order valence-corrected chi connectivity index (χ1v) is 5.84. The number of nitrogens with zero attached hydrogens (tertiary/aromatic N) is 5. The molecule has 0 bridgehead atoms. The Bertz CT molecular complexity index is 534. The van der Waals surface area contributed by atoms with Crippen molar-refractivity contribution in [2.75, 3.05) is 11.1 Å². The molecule has 1 atom stereocenters. The van der Waals surface area contributed by atoms with Crippen molar-refractivity contribution in [2.24, 2.45) is 7.05 Å². The monoisotopic (exact) mass is 247 g/mol. The summed E-state index contributed by atoms with van der Waals surface area (Å²) in [6, 6.07) is 1.71. The van der Waals surface area contributed by atoms with Crippen LogP contribution >= 0.6 is 0 Å². The summed E-state index contributed by atoms with van der Waals surface area (Å²) in [5.74, 6) is 2.73. The second-order valence-corrected chi connectivity index (χ2v) is 4.11. The van der Waals surface area contributed by atoms with E-state index in [0.29, 0.717) is 11.6 Å². The molecular formula is C11H17N7. The highest BCUT2D eigenvalue weighted by atomic mass is 15.3. The van der Waals surface area contributed by atoms with Crippen LogP contribution in [0.2, 0.25) is 0 Å². The van der Waals surface area contributed by atoms with Gasteiger partial charge in [-0.2, -0.15) is 0 Å². The van der Waals surface area contributed by atoms with E-state index in [1.807, 2.05) is 25.5 Å². The Balaban J connectivity index is 2.19. The fourth-order valence-electron chi connectivity index (χ4n) is 1.72. The van der Waals surface area contributed by atoms with E-state index in [1.54, 1.807) is 12.4 Å². The molecular weight excluding hydrogens is 230 g/mol. The van der Waals surface area contributed by atoms with Crippen LogP contribution in [0.5, 0.6) is 0 Å². The Morgan fingerprint density at radius 3 is 2.83 bits per heavy atom. The maximum atomic E-state index is 5.74. The molecule has 0 fully saturated rings. The number of aryl methyl sites for hydroxylation is 2. The van der Waals surface area contributed by atoms with Crippen LogP contribution in [0.4, 0.5) is 11.6 Å². The first-order valence-electron chi connectivity index (χ1n) is 5.84. The molecule has 96 valence electrons. The van der Waals surface area contributed by atoms with Crippen LogP contribution < -0.4 is 11.1 Å². The summed E-state index contributed by atoms with van der Waals surface area (Å²) in [5, 5.41) is 11.2. The summed E-state index contributed by atoms with van der Waals surface area (Å²) < 4.78 is 1.86. The minimum absolute atomic E-state index is 0.00324. The third kappa shape index (κ3) is 2.55. The van der Waals surface area contributed by atoms with E-state index in [1.165, 1.54) is 0 Å². The lowest BCUT2D eigenvalue weighted by Gasteiger charge is -2.14. The lowest BCUT2D eigenvalue weighted by Crippen LogP contribution is -2.14. The molecule has 18 heavy (non-hydrogen) atoms. The molecule has 2 rings (SSSR count). The SMILES string of the molecule is CCc1nc(N)cc(NC(C)c2nncn2C)n1. The maximum absolute atomic E-state index is 5.74. The van der Waals surface area contributed by atoms with Gasteiger partial charge in [0.15, 0.2) is 5.82 Å². The van der Waals surface area contributed by atoms with E-state index in [4.69, 9.17) is 5.73 Å². The largest absolute Gasteiger partial charge is 0.384 e. The minimum Gasteiger partial charge on any atom is -0.384 e. The van der Waals surface area contributed by atoms with Crippen molar-refractivity contribution in [1.82, 2.24) is 24.7 Å². The second kappa shape index (κ2) is 4.99. The molecule has 0 aliphatic heterocycles. The molecule has 1 unspecified atom stereocenters. The lowest BCUT2D eigenvalue weighted by atomic mass is 10.3. The molecule has 7 heteroatoms. The fraction of sp³-hybridized carbons (Fsp3) is 0.455. The first kappa shape index (κ1) is 12.3. The van der Waals surface area contributed by atoms with Crippen LogP contribution in [-0.2, 0) is 13.5 Å². The van der Waals surface area contributed by atoms with Gasteiger partial charge in [-0.15, -0.1) is 10.2 Å². The molecule has 0 spiro atoms. The molecule has 7 nitrogen and oxygen atoms in total. The predicted octanol–water partition coefficient (Wildman–Crippen LogP) is 0.923. The average Bonchev–Trinajstić information content (AvgIpc) is 2.74. The minimum atomic E-state index is -0.00324. The highest BCUT2D eigenvalue weighted by Gasteiger charge is 2.12. The molecule has 0 amide bonds. The molecule has 2 heterocycles. The van der Waals surface area contributed by atoms with E-state index in [0.717, 1.165) is 18.1 Å². The van der Waals surface area contributed by atoms with Gasteiger partial charge in [-0.1, -0.05) is 6.92 Å². The van der Waals surface area contributed by atoms with Crippen molar-refractivity contribution >= 4 is 11.6 Å². The molecule has 0 aliphatic carbocycles. The molecule has 0 radical (unpaired) electrons. The van der Waals surface area contributed by atoms with Gasteiger partial charge in [-0.25, -0.2) is 9.97 Å². The smallest absolute Gasteiger partial charge is 0.154 e. The van der Waals surface area contributed by atoms with Crippen LogP contribution in [0, 0.1) is 0 Å². The topological polar surface area (TPSA) is 94.5 Å². The Kier molecular flexibility index (Phi) is 3.40. The molecule has 0 aromatic carbocycles. The average molecular weight is 247 g/mol. The van der Waals surface area contributed by atoms with Gasteiger partial charge in [-0.05, 0) is 6.92 Å². The third-order valence-corrected chi connectivity index (χ3v) is 2.61. The van der Waals surface area contributed by atoms with Crippen molar-refractivity contribution < 1.29 is 0 Å². The van der Waals surface area contributed by atoms with Crippen LogP contribution in [-0.4, -0.2) is 24.7 Å². The van der Waals surface area contributed by atoms with E-state index >= 15 is 0 Å². The van der Waals surface area contributed by atoms with Gasteiger partial charge in [0.1, 0.15) is 23.8 Å². The molecule has 3 N–H and O–H groups in total. The summed E-state index contributed by atoms with van der Waals surface area (Å²) in [5.41, 5.74) is 5.74. The molecule has 0 saturated carbocycles. The van der Waals surface area contributed by atoms with E-state index in [-0.39, 0.29) is 6.04 Å². The number of hydrogen-bond donors (Lipinski definition) is 2. The Morgan fingerprint density at radius 2 is 2.22 bits per heavy atom. The normalized spacial score (nSPS) is 12.4. The zero-order valence-corrected chi connectivity index (χ0v) is 10.8. The maximum Gasteiger partial charge on any atom is 0.154 e. The zero-order valence-electron chi connectivity index (χ0n) is 10.8. The number of aromatic nitrogens is 5. The molecule has 0 aliphatic rings. The zero-order chi connectivity index (χ0) is 13.1. The van der Waals surface area contributed by atoms with Gasteiger partial charge in [0, 0.05) is 19.5 Å². The Labute approximate surface area is 105 Å². The summed E-state index contributed by atoms with van der Waals surface area (Å²) in [6.45, 7) is 3.98. The van der Waals surface area contributed by atoms with Gasteiger partial charge < -0.3 is 15.6 Å². The number of anilines is 2. The van der Waals surface area contributed by atoms with Crippen molar-refractivity contribution in [1.29, 1.82) is 0 Å². The van der Waals surface area contributed by atoms with Crippen LogP contribution in [0.15, 0.2) is 12.4 Å². The van der Waals surface area contributed by atoms with Gasteiger partial charge in [0.25, 0.3) is 0 Å². The fourth-order valence-corrected chi connectivity index (χ4v) is 1.72. The van der Waals surface area contributed by atoms with Crippen LogP contribution in [0.3, 0.4) is 0 Å². The summed E-state index contributed by atoms with van der Waals surface area (Å²) in [7, 11) is 1.90. The van der Waals surface area contributed by atoms with Gasteiger partial charge in [0.2, 0.25) is 0 Å². The Morgan fingerprint density at radius 1 is 1.44 bits per heavy atom. The van der Waals surface area contributed by atoms with Crippen molar-refractivity contribution in [3.05, 3.63) is 24.0 Å². The van der Waals surface area contributed by atoms with Crippen molar-refractivity contribution in [3.63, 3.8) is 0 Å². The third-order valence-electron chi connectivity index (χ3n) is 2.61. The second-order valence-electron chi connectivity index (χ2n) is 4.11. The number of nitrogen functional groups attached to an aromatic ring is 1. The van der Waals surface area contributed by atoms with Crippen LogP contribution in [0.25, 0.3) is 0 Å². The van der Waals surface area contributed by atoms with Crippen molar-refractivity contribution in [2.45, 2.75) is 26.3 Å². The number of nitrogens with one attached hydrogen (secondary N) is 1. The molecule has 2 aromatic heterocycles. The summed E-state index contributed by atoms with van der Waals surface area (Å²) in [4.78, 5) is 8.51. The summed E-state index contributed by atoms with van der Waals surface area (Å²) >= 11 is 0. The highest BCUT2D eigenvalue weighted by Crippen LogP contribution is 2.16. The predicted molar refractivity (Wildman–Crippen MR) is 68.9 cm³/mol. The van der Waals surface area contributed by atoms with Gasteiger partial charge >= 0.3 is 0 Å². The summed E-state index contributed by atoms with van der Waals surface area (Å²) in [6.07, 6.45) is 2.41. The van der Waals surface area contributed by atoms with E-state index < -0.39 is 0 Å². The molecule has 0 saturated heterocycles. The first-order chi connectivity index (χ1) is 8.60. The highest BCUT2D eigenvalue weighted by molar-refractivity contribution is 5.45. The number of hydrogen-bond acceptors (Lipinski definition) is 6. The van der Waals surface area contributed by atoms with E-state index in [9.17, 15) is 0 Å². The Hall–Kier alpha value is -2.18. The number of nitrogens with two attached hydrogens (primary N) is 1. The van der Waals surface area contributed by atoms with Crippen LogP contribution in [0.1, 0.15) is 31.5 Å². The van der Waals surface area contributed by atoms with Crippen molar-refractivity contribution in [3.8, 4) is 0 Å². The van der Waals surface area contributed by atoms with Gasteiger partial charge in [-0.3, -0.25) is 0 Å². The quantitative estimate of drug-likeness (QED) is 0.834.